The van der Waals surface area contributed by atoms with Crippen LogP contribution in [0.15, 0.2) is 24.3 Å². The van der Waals surface area contributed by atoms with E-state index in [1.165, 1.54) is 24.3 Å². The van der Waals surface area contributed by atoms with E-state index in [0.29, 0.717) is 12.4 Å². The SMILES string of the molecule is CCCOc1ccc(C(NCC(F)(F)F)C(=O)O)cc1. The van der Waals surface area contributed by atoms with Crippen molar-refractivity contribution in [3.05, 3.63) is 29.8 Å². The largest absolute Gasteiger partial charge is 0.494 e. The fourth-order valence-corrected chi connectivity index (χ4v) is 1.54. The Hall–Kier alpha value is -1.76. The van der Waals surface area contributed by atoms with Gasteiger partial charge in [-0.2, -0.15) is 13.2 Å². The highest BCUT2D eigenvalue weighted by Crippen LogP contribution is 2.20. The van der Waals surface area contributed by atoms with E-state index >= 15 is 0 Å². The van der Waals surface area contributed by atoms with E-state index in [9.17, 15) is 18.0 Å². The molecule has 0 saturated heterocycles. The summed E-state index contributed by atoms with van der Waals surface area (Å²) in [6.45, 7) is 1.10. The van der Waals surface area contributed by atoms with Crippen molar-refractivity contribution in [3.63, 3.8) is 0 Å². The molecule has 0 radical (unpaired) electrons. The number of carbonyl (C=O) groups is 1. The highest BCUT2D eigenvalue weighted by Gasteiger charge is 2.30. The molecule has 1 rings (SSSR count). The molecule has 1 atom stereocenters. The molecule has 4 nitrogen and oxygen atoms in total. The quantitative estimate of drug-likeness (QED) is 0.811. The van der Waals surface area contributed by atoms with E-state index in [4.69, 9.17) is 9.84 Å². The lowest BCUT2D eigenvalue weighted by Crippen LogP contribution is -2.35. The molecule has 0 fully saturated rings. The first kappa shape index (κ1) is 16.3. The van der Waals surface area contributed by atoms with E-state index in [-0.39, 0.29) is 5.56 Å². The molecular formula is C13H16F3NO3. The molecule has 0 aromatic heterocycles. The van der Waals surface area contributed by atoms with E-state index < -0.39 is 24.7 Å². The van der Waals surface area contributed by atoms with E-state index in [0.717, 1.165) is 6.42 Å². The molecule has 0 bridgehead atoms. The minimum atomic E-state index is -4.46. The van der Waals surface area contributed by atoms with E-state index in [1.807, 2.05) is 12.2 Å². The first-order valence-corrected chi connectivity index (χ1v) is 6.09. The zero-order chi connectivity index (χ0) is 15.2. The second-order valence-electron chi connectivity index (χ2n) is 4.18. The van der Waals surface area contributed by atoms with Gasteiger partial charge in [-0.1, -0.05) is 19.1 Å². The molecule has 7 heteroatoms. The molecule has 20 heavy (non-hydrogen) atoms. The van der Waals surface area contributed by atoms with Crippen LogP contribution in [0, 0.1) is 0 Å². The number of benzene rings is 1. The summed E-state index contributed by atoms with van der Waals surface area (Å²) < 4.78 is 41.7. The highest BCUT2D eigenvalue weighted by atomic mass is 19.4. The van der Waals surface area contributed by atoms with Gasteiger partial charge in [-0.05, 0) is 24.1 Å². The molecule has 1 unspecified atom stereocenters. The molecular weight excluding hydrogens is 275 g/mol. The first-order chi connectivity index (χ1) is 9.33. The lowest BCUT2D eigenvalue weighted by atomic mass is 10.1. The number of rotatable bonds is 7. The van der Waals surface area contributed by atoms with Crippen LogP contribution in [0.3, 0.4) is 0 Å². The predicted molar refractivity (Wildman–Crippen MR) is 66.7 cm³/mol. The fourth-order valence-electron chi connectivity index (χ4n) is 1.54. The van der Waals surface area contributed by atoms with Crippen LogP contribution in [0.5, 0.6) is 5.75 Å². The molecule has 112 valence electrons. The van der Waals surface area contributed by atoms with Crippen molar-refractivity contribution in [2.24, 2.45) is 0 Å². The lowest BCUT2D eigenvalue weighted by Gasteiger charge is -2.16. The van der Waals surface area contributed by atoms with Gasteiger partial charge < -0.3 is 9.84 Å². The van der Waals surface area contributed by atoms with Gasteiger partial charge in [-0.15, -0.1) is 0 Å². The van der Waals surface area contributed by atoms with Gasteiger partial charge in [-0.3, -0.25) is 10.1 Å². The Labute approximate surface area is 114 Å². The number of nitrogens with one attached hydrogen (secondary N) is 1. The van der Waals surface area contributed by atoms with Crippen molar-refractivity contribution in [3.8, 4) is 5.75 Å². The number of hydrogen-bond donors (Lipinski definition) is 2. The van der Waals surface area contributed by atoms with Gasteiger partial charge >= 0.3 is 12.1 Å². The summed E-state index contributed by atoms with van der Waals surface area (Å²) in [5, 5.41) is 10.9. The third kappa shape index (κ3) is 5.48. The summed E-state index contributed by atoms with van der Waals surface area (Å²) in [4.78, 5) is 11.0. The van der Waals surface area contributed by atoms with Crippen molar-refractivity contribution in [1.29, 1.82) is 0 Å². The molecule has 0 aliphatic heterocycles. The Morgan fingerprint density at radius 3 is 2.40 bits per heavy atom. The second-order valence-corrected chi connectivity index (χ2v) is 4.18. The van der Waals surface area contributed by atoms with Gasteiger partial charge in [0.05, 0.1) is 13.2 Å². The minimum Gasteiger partial charge on any atom is -0.494 e. The molecule has 1 aromatic carbocycles. The Balaban J connectivity index is 2.74. The Kier molecular flexibility index (Phi) is 5.82. The van der Waals surface area contributed by atoms with Gasteiger partial charge in [0.25, 0.3) is 0 Å². The normalized spacial score (nSPS) is 13.0. The summed E-state index contributed by atoms with van der Waals surface area (Å²) in [5.74, 6) is -0.813. The van der Waals surface area contributed by atoms with E-state index in [1.54, 1.807) is 0 Å². The van der Waals surface area contributed by atoms with Crippen LogP contribution >= 0.6 is 0 Å². The zero-order valence-electron chi connectivity index (χ0n) is 10.9. The monoisotopic (exact) mass is 291 g/mol. The van der Waals surface area contributed by atoms with E-state index in [2.05, 4.69) is 0 Å². The Bertz CT molecular complexity index is 431. The van der Waals surface area contributed by atoms with Gasteiger partial charge in [0.2, 0.25) is 0 Å². The topological polar surface area (TPSA) is 58.6 Å². The van der Waals surface area contributed by atoms with Gasteiger partial charge in [0.1, 0.15) is 11.8 Å². The number of carboxylic acid groups (broad SMARTS) is 1. The number of ether oxygens (including phenoxy) is 1. The first-order valence-electron chi connectivity index (χ1n) is 6.09. The van der Waals surface area contributed by atoms with Crippen molar-refractivity contribution in [2.45, 2.75) is 25.6 Å². The summed E-state index contributed by atoms with van der Waals surface area (Å²) in [6, 6.07) is 4.55. The smallest absolute Gasteiger partial charge is 0.401 e. The standard InChI is InChI=1S/C13H16F3NO3/c1-2-7-20-10-5-3-9(4-6-10)11(12(18)19)17-8-13(14,15)16/h3-6,11,17H,2,7-8H2,1H3,(H,18,19). The zero-order valence-corrected chi connectivity index (χ0v) is 10.9. The lowest BCUT2D eigenvalue weighted by molar-refractivity contribution is -0.143. The fraction of sp³-hybridized carbons (Fsp3) is 0.462. The summed E-state index contributed by atoms with van der Waals surface area (Å²) >= 11 is 0. The summed E-state index contributed by atoms with van der Waals surface area (Å²) in [6.07, 6.45) is -3.63. The van der Waals surface area contributed by atoms with Crippen LogP contribution in [-0.4, -0.2) is 30.4 Å². The molecule has 0 amide bonds. The van der Waals surface area contributed by atoms with Gasteiger partial charge in [-0.25, -0.2) is 0 Å². The number of alkyl halides is 3. The van der Waals surface area contributed by atoms with Crippen LogP contribution in [0.4, 0.5) is 13.2 Å². The van der Waals surface area contributed by atoms with Crippen molar-refractivity contribution >= 4 is 5.97 Å². The van der Waals surface area contributed by atoms with Crippen LogP contribution in [-0.2, 0) is 4.79 Å². The third-order valence-electron chi connectivity index (χ3n) is 2.44. The number of hydrogen-bond acceptors (Lipinski definition) is 3. The highest BCUT2D eigenvalue weighted by molar-refractivity contribution is 5.75. The van der Waals surface area contributed by atoms with Crippen molar-refractivity contribution in [2.75, 3.05) is 13.2 Å². The van der Waals surface area contributed by atoms with Gasteiger partial charge in [0.15, 0.2) is 0 Å². The number of carboxylic acids is 1. The number of halogens is 3. The molecule has 0 aliphatic rings. The van der Waals surface area contributed by atoms with Crippen molar-refractivity contribution < 1.29 is 27.8 Å². The van der Waals surface area contributed by atoms with Crippen molar-refractivity contribution in [1.82, 2.24) is 5.32 Å². The maximum Gasteiger partial charge on any atom is 0.401 e. The van der Waals surface area contributed by atoms with Crippen LogP contribution in [0.25, 0.3) is 0 Å². The second kappa shape index (κ2) is 7.14. The summed E-state index contributed by atoms with van der Waals surface area (Å²) in [5.41, 5.74) is 0.241. The van der Waals surface area contributed by atoms with Crippen LogP contribution < -0.4 is 10.1 Å². The molecule has 2 N–H and O–H groups in total. The minimum absolute atomic E-state index is 0.241. The van der Waals surface area contributed by atoms with Crippen LogP contribution in [0.2, 0.25) is 0 Å². The molecule has 0 aliphatic carbocycles. The summed E-state index contributed by atoms with van der Waals surface area (Å²) in [7, 11) is 0. The molecule has 0 spiro atoms. The van der Waals surface area contributed by atoms with Crippen LogP contribution in [0.1, 0.15) is 24.9 Å². The Morgan fingerprint density at radius 1 is 1.35 bits per heavy atom. The molecule has 1 aromatic rings. The third-order valence-corrected chi connectivity index (χ3v) is 2.44. The average molecular weight is 291 g/mol. The Morgan fingerprint density at radius 2 is 1.95 bits per heavy atom. The molecule has 0 saturated carbocycles. The predicted octanol–water partition coefficient (Wildman–Crippen LogP) is 2.75. The maximum absolute atomic E-state index is 12.1. The maximum atomic E-state index is 12.1. The number of aliphatic carboxylic acids is 1. The average Bonchev–Trinajstić information content (AvgIpc) is 2.36. The van der Waals surface area contributed by atoms with Gasteiger partial charge in [0, 0.05) is 0 Å². The molecule has 0 heterocycles.